The lowest BCUT2D eigenvalue weighted by Crippen LogP contribution is -2.30. The van der Waals surface area contributed by atoms with Crippen LogP contribution < -0.4 is 5.73 Å². The van der Waals surface area contributed by atoms with E-state index in [1.165, 1.54) is 24.4 Å². The number of nitrogen functional groups attached to an aromatic ring is 1. The van der Waals surface area contributed by atoms with Crippen molar-refractivity contribution < 1.29 is 0 Å². The third-order valence-electron chi connectivity index (χ3n) is 2.60. The van der Waals surface area contributed by atoms with Crippen LogP contribution >= 0.6 is 27.3 Å². The second kappa shape index (κ2) is 4.16. The minimum absolute atomic E-state index is 0.576. The molecule has 1 aromatic rings. The number of nitrogens with zero attached hydrogens (tertiary/aromatic N) is 2. The Morgan fingerprint density at radius 2 is 2.43 bits per heavy atom. The minimum atomic E-state index is 0.576. The van der Waals surface area contributed by atoms with Gasteiger partial charge in [-0.1, -0.05) is 0 Å². The van der Waals surface area contributed by atoms with Gasteiger partial charge in [0.2, 0.25) is 0 Å². The maximum atomic E-state index is 5.72. The summed E-state index contributed by atoms with van der Waals surface area (Å²) in [6, 6.07) is 0. The maximum absolute atomic E-state index is 5.72. The Hall–Kier alpha value is -0.130. The van der Waals surface area contributed by atoms with E-state index in [2.05, 4.69) is 32.9 Å². The molecule has 1 aliphatic heterocycles. The Bertz CT molecular complexity index is 306. The van der Waals surface area contributed by atoms with Gasteiger partial charge in [0.1, 0.15) is 14.6 Å². The van der Waals surface area contributed by atoms with E-state index in [4.69, 9.17) is 5.73 Å². The van der Waals surface area contributed by atoms with Crippen LogP contribution in [0.5, 0.6) is 0 Å². The van der Waals surface area contributed by atoms with Crippen molar-refractivity contribution in [3.63, 3.8) is 0 Å². The molecule has 2 rings (SSSR count). The molecule has 1 saturated heterocycles. The third kappa shape index (κ3) is 2.10. The first-order chi connectivity index (χ1) is 6.66. The Kier molecular flexibility index (Phi) is 3.09. The van der Waals surface area contributed by atoms with Crippen molar-refractivity contribution in [1.29, 1.82) is 0 Å². The van der Waals surface area contributed by atoms with E-state index in [1.54, 1.807) is 11.3 Å². The van der Waals surface area contributed by atoms with Gasteiger partial charge in [0.15, 0.2) is 0 Å². The molecule has 0 aliphatic carbocycles. The number of aromatic nitrogens is 1. The van der Waals surface area contributed by atoms with Crippen molar-refractivity contribution >= 4 is 33.1 Å². The third-order valence-corrected chi connectivity index (χ3v) is 4.51. The standard InChI is InChI=1S/C9H14BrN3S/c1-13-4-2-3-6(5-13)9-12-8(11)7(10)14-9/h6H,2-5,11H2,1H3. The molecule has 0 bridgehead atoms. The van der Waals surface area contributed by atoms with Crippen molar-refractivity contribution in [1.82, 2.24) is 9.88 Å². The topological polar surface area (TPSA) is 42.2 Å². The molecule has 78 valence electrons. The molecular formula is C9H14BrN3S. The highest BCUT2D eigenvalue weighted by molar-refractivity contribution is 9.11. The van der Waals surface area contributed by atoms with Crippen LogP contribution in [0, 0.1) is 0 Å². The van der Waals surface area contributed by atoms with Crippen LogP contribution in [-0.2, 0) is 0 Å². The van der Waals surface area contributed by atoms with Gasteiger partial charge in [0, 0.05) is 12.5 Å². The lowest BCUT2D eigenvalue weighted by Gasteiger charge is -2.28. The van der Waals surface area contributed by atoms with Crippen molar-refractivity contribution in [2.75, 3.05) is 25.9 Å². The van der Waals surface area contributed by atoms with Gasteiger partial charge in [0.25, 0.3) is 0 Å². The molecule has 5 heteroatoms. The minimum Gasteiger partial charge on any atom is -0.382 e. The van der Waals surface area contributed by atoms with Crippen molar-refractivity contribution in [2.45, 2.75) is 18.8 Å². The molecule has 0 amide bonds. The van der Waals surface area contributed by atoms with E-state index in [9.17, 15) is 0 Å². The normalized spacial score (nSPS) is 24.0. The summed E-state index contributed by atoms with van der Waals surface area (Å²) in [6.07, 6.45) is 2.50. The molecule has 2 N–H and O–H groups in total. The average molecular weight is 276 g/mol. The van der Waals surface area contributed by atoms with E-state index in [1.807, 2.05) is 0 Å². The monoisotopic (exact) mass is 275 g/mol. The molecule has 1 aliphatic rings. The number of halogens is 1. The predicted molar refractivity (Wildman–Crippen MR) is 63.7 cm³/mol. The zero-order valence-corrected chi connectivity index (χ0v) is 10.6. The molecule has 1 fully saturated rings. The van der Waals surface area contributed by atoms with Crippen LogP contribution in [0.1, 0.15) is 23.8 Å². The first-order valence-corrected chi connectivity index (χ1v) is 6.38. The van der Waals surface area contributed by atoms with Crippen LogP contribution in [0.4, 0.5) is 5.82 Å². The van der Waals surface area contributed by atoms with Crippen molar-refractivity contribution in [3.8, 4) is 0 Å². The number of likely N-dealkylation sites (N-methyl/N-ethyl adjacent to an activating group) is 1. The summed E-state index contributed by atoms with van der Waals surface area (Å²) in [7, 11) is 2.16. The van der Waals surface area contributed by atoms with Gasteiger partial charge in [-0.25, -0.2) is 4.98 Å². The number of hydrogen-bond acceptors (Lipinski definition) is 4. The van der Waals surface area contributed by atoms with Crippen LogP contribution in [0.3, 0.4) is 0 Å². The van der Waals surface area contributed by atoms with Gasteiger partial charge in [-0.15, -0.1) is 11.3 Å². The number of hydrogen-bond donors (Lipinski definition) is 1. The second-order valence-electron chi connectivity index (χ2n) is 3.81. The highest BCUT2D eigenvalue weighted by atomic mass is 79.9. The SMILES string of the molecule is CN1CCCC(c2nc(N)c(Br)s2)C1. The number of piperidine rings is 1. The molecule has 0 radical (unpaired) electrons. The highest BCUT2D eigenvalue weighted by Gasteiger charge is 2.22. The molecule has 14 heavy (non-hydrogen) atoms. The molecular weight excluding hydrogens is 262 g/mol. The van der Waals surface area contributed by atoms with E-state index in [-0.39, 0.29) is 0 Å². The first kappa shape index (κ1) is 10.4. The number of thiazole rings is 1. The van der Waals surface area contributed by atoms with Crippen LogP contribution in [0.15, 0.2) is 3.79 Å². The summed E-state index contributed by atoms with van der Waals surface area (Å²) < 4.78 is 0.973. The van der Waals surface area contributed by atoms with Gasteiger partial charge in [-0.05, 0) is 42.4 Å². The summed E-state index contributed by atoms with van der Waals surface area (Å²) in [4.78, 5) is 6.75. The van der Waals surface area contributed by atoms with Gasteiger partial charge >= 0.3 is 0 Å². The Morgan fingerprint density at radius 1 is 1.64 bits per heavy atom. The molecule has 3 nitrogen and oxygen atoms in total. The van der Waals surface area contributed by atoms with E-state index < -0.39 is 0 Å². The molecule has 0 saturated carbocycles. The number of nitrogens with two attached hydrogens (primary N) is 1. The lowest BCUT2D eigenvalue weighted by atomic mass is 9.99. The van der Waals surface area contributed by atoms with E-state index in [0.29, 0.717) is 11.7 Å². The first-order valence-electron chi connectivity index (χ1n) is 4.77. The Balaban J connectivity index is 2.14. The molecule has 1 unspecified atom stereocenters. The summed E-state index contributed by atoms with van der Waals surface area (Å²) >= 11 is 5.09. The average Bonchev–Trinajstić information content (AvgIpc) is 2.47. The van der Waals surface area contributed by atoms with E-state index >= 15 is 0 Å². The number of anilines is 1. The van der Waals surface area contributed by atoms with Gasteiger partial charge in [-0.3, -0.25) is 0 Å². The van der Waals surface area contributed by atoms with Crippen molar-refractivity contribution in [3.05, 3.63) is 8.79 Å². The van der Waals surface area contributed by atoms with Gasteiger partial charge in [-0.2, -0.15) is 0 Å². The van der Waals surface area contributed by atoms with E-state index in [0.717, 1.165) is 10.3 Å². The summed E-state index contributed by atoms with van der Waals surface area (Å²) in [6.45, 7) is 2.32. The molecule has 1 atom stereocenters. The largest absolute Gasteiger partial charge is 0.382 e. The van der Waals surface area contributed by atoms with Crippen LogP contribution in [0.25, 0.3) is 0 Å². The highest BCUT2D eigenvalue weighted by Crippen LogP contribution is 2.34. The number of rotatable bonds is 1. The van der Waals surface area contributed by atoms with Gasteiger partial charge < -0.3 is 10.6 Å². The number of likely N-dealkylation sites (tertiary alicyclic amines) is 1. The fraction of sp³-hybridized carbons (Fsp3) is 0.667. The zero-order chi connectivity index (χ0) is 10.1. The van der Waals surface area contributed by atoms with Crippen molar-refractivity contribution in [2.24, 2.45) is 0 Å². The van der Waals surface area contributed by atoms with Crippen LogP contribution in [-0.4, -0.2) is 30.0 Å². The Morgan fingerprint density at radius 3 is 3.00 bits per heavy atom. The van der Waals surface area contributed by atoms with Crippen LogP contribution in [0.2, 0.25) is 0 Å². The fourth-order valence-electron chi connectivity index (χ4n) is 1.87. The summed E-state index contributed by atoms with van der Waals surface area (Å²) in [5.41, 5.74) is 5.72. The second-order valence-corrected chi connectivity index (χ2v) is 6.16. The lowest BCUT2D eigenvalue weighted by molar-refractivity contribution is 0.250. The zero-order valence-electron chi connectivity index (χ0n) is 8.16. The molecule has 1 aromatic heterocycles. The Labute approximate surface area is 96.4 Å². The predicted octanol–water partition coefficient (Wildman–Crippen LogP) is 2.30. The molecule has 0 aromatic carbocycles. The quantitative estimate of drug-likeness (QED) is 0.855. The molecule has 0 spiro atoms. The maximum Gasteiger partial charge on any atom is 0.149 e. The smallest absolute Gasteiger partial charge is 0.149 e. The summed E-state index contributed by atoms with van der Waals surface area (Å²) in [5, 5.41) is 1.18. The summed E-state index contributed by atoms with van der Waals surface area (Å²) in [5.74, 6) is 1.21. The van der Waals surface area contributed by atoms with Gasteiger partial charge in [0.05, 0.1) is 0 Å². The fourth-order valence-corrected chi connectivity index (χ4v) is 3.30. The molecule has 2 heterocycles.